The molecule has 3 aromatic rings. The lowest BCUT2D eigenvalue weighted by Gasteiger charge is -2.39. The number of likely N-dealkylation sites (tertiary alicyclic amines) is 1. The molecular weight excluding hydrogens is 280 g/mol. The average molecular weight is 296 g/mol. The molecule has 4 rings (SSSR count). The summed E-state index contributed by atoms with van der Waals surface area (Å²) in [5.41, 5.74) is 4.27. The van der Waals surface area contributed by atoms with Crippen molar-refractivity contribution >= 4 is 16.9 Å². The van der Waals surface area contributed by atoms with Gasteiger partial charge >= 0.3 is 0 Å². The molecule has 0 unspecified atom stereocenters. The molecule has 22 heavy (non-hydrogen) atoms. The van der Waals surface area contributed by atoms with Gasteiger partial charge in [0.15, 0.2) is 0 Å². The predicted molar refractivity (Wildman–Crippen MR) is 80.5 cm³/mol. The summed E-state index contributed by atoms with van der Waals surface area (Å²) in [5.74, 6) is 0.0303. The lowest BCUT2D eigenvalue weighted by Crippen LogP contribution is -2.51. The highest BCUT2D eigenvalue weighted by molar-refractivity contribution is 5.97. The van der Waals surface area contributed by atoms with Gasteiger partial charge in [0.1, 0.15) is 11.0 Å². The fourth-order valence-electron chi connectivity index (χ4n) is 2.95. The van der Waals surface area contributed by atoms with Crippen molar-refractivity contribution in [1.82, 2.24) is 30.1 Å². The molecule has 0 saturated carbocycles. The molecule has 1 saturated heterocycles. The Morgan fingerprint density at radius 1 is 1.18 bits per heavy atom. The van der Waals surface area contributed by atoms with E-state index in [0.717, 1.165) is 16.9 Å². The fourth-order valence-corrected chi connectivity index (χ4v) is 2.95. The van der Waals surface area contributed by atoms with Crippen molar-refractivity contribution in [2.24, 2.45) is 0 Å². The zero-order chi connectivity index (χ0) is 15.3. The molecule has 0 aliphatic carbocycles. The van der Waals surface area contributed by atoms with Crippen LogP contribution in [0.2, 0.25) is 0 Å². The van der Waals surface area contributed by atoms with E-state index in [1.54, 1.807) is 12.1 Å². The quantitative estimate of drug-likeness (QED) is 0.776. The Morgan fingerprint density at radius 3 is 2.68 bits per heavy atom. The Balaban J connectivity index is 1.50. The summed E-state index contributed by atoms with van der Waals surface area (Å²) in [7, 11) is 0. The van der Waals surface area contributed by atoms with E-state index >= 15 is 0 Å². The highest BCUT2D eigenvalue weighted by atomic mass is 16.2. The van der Waals surface area contributed by atoms with E-state index in [9.17, 15) is 4.79 Å². The Hall–Kier alpha value is -2.70. The molecular formula is C15H16N6O. The third kappa shape index (κ3) is 1.97. The highest BCUT2D eigenvalue weighted by Gasteiger charge is 2.33. The summed E-state index contributed by atoms with van der Waals surface area (Å²) < 4.78 is 2.01. The van der Waals surface area contributed by atoms with Crippen molar-refractivity contribution in [3.8, 4) is 0 Å². The van der Waals surface area contributed by atoms with Gasteiger partial charge in [0, 0.05) is 24.3 Å². The summed E-state index contributed by atoms with van der Waals surface area (Å²) in [6.45, 7) is 5.41. The zero-order valence-corrected chi connectivity index (χ0v) is 12.4. The molecule has 3 heterocycles. The lowest BCUT2D eigenvalue weighted by atomic mass is 10.1. The van der Waals surface area contributed by atoms with Gasteiger partial charge < -0.3 is 4.90 Å². The van der Waals surface area contributed by atoms with Crippen LogP contribution in [0.15, 0.2) is 24.3 Å². The fraction of sp³-hybridized carbons (Fsp3) is 0.333. The van der Waals surface area contributed by atoms with Gasteiger partial charge in [-0.2, -0.15) is 20.5 Å². The van der Waals surface area contributed by atoms with E-state index in [2.05, 4.69) is 26.6 Å². The highest BCUT2D eigenvalue weighted by Crippen LogP contribution is 2.25. The Bertz CT molecular complexity index is 858. The second-order valence-electron chi connectivity index (χ2n) is 5.76. The summed E-state index contributed by atoms with van der Waals surface area (Å²) in [5, 5.41) is 15.1. The number of amides is 1. The number of nitrogens with zero attached hydrogens (tertiary/aromatic N) is 5. The maximum atomic E-state index is 12.5. The molecule has 1 fully saturated rings. The van der Waals surface area contributed by atoms with Gasteiger partial charge in [0.05, 0.1) is 11.7 Å². The average Bonchev–Trinajstić information content (AvgIpc) is 3.03. The summed E-state index contributed by atoms with van der Waals surface area (Å²) in [6.07, 6.45) is 0. The first kappa shape index (κ1) is 13.0. The molecule has 112 valence electrons. The molecule has 1 aliphatic rings. The molecule has 1 amide bonds. The molecule has 0 radical (unpaired) electrons. The number of carbonyl (C=O) groups excluding carboxylic acids is 1. The van der Waals surface area contributed by atoms with Crippen LogP contribution < -0.4 is 0 Å². The molecule has 1 N–H and O–H groups in total. The van der Waals surface area contributed by atoms with Crippen molar-refractivity contribution < 1.29 is 4.79 Å². The van der Waals surface area contributed by atoms with Crippen LogP contribution in [0.25, 0.3) is 11.0 Å². The standard InChI is InChI=1S/C15H16N6O/c1-9-5-10(2)21(18-9)12-7-20(8-12)15(22)11-3-4-13-14(6-11)17-19-16-13/h3-6,12H,7-8H2,1-2H3,(H,16,17,19). The lowest BCUT2D eigenvalue weighted by molar-refractivity contribution is 0.0498. The van der Waals surface area contributed by atoms with Crippen molar-refractivity contribution in [3.05, 3.63) is 41.2 Å². The normalized spacial score (nSPS) is 15.3. The van der Waals surface area contributed by atoms with Gasteiger partial charge in [0.2, 0.25) is 0 Å². The van der Waals surface area contributed by atoms with Crippen LogP contribution in [-0.2, 0) is 0 Å². The van der Waals surface area contributed by atoms with Crippen LogP contribution in [0.1, 0.15) is 27.8 Å². The maximum Gasteiger partial charge on any atom is 0.254 e. The first-order valence-electron chi connectivity index (χ1n) is 7.24. The van der Waals surface area contributed by atoms with Crippen LogP contribution in [0.4, 0.5) is 0 Å². The molecule has 7 nitrogen and oxygen atoms in total. The van der Waals surface area contributed by atoms with Crippen LogP contribution in [0.3, 0.4) is 0 Å². The number of aryl methyl sites for hydroxylation is 2. The van der Waals surface area contributed by atoms with Crippen LogP contribution in [0, 0.1) is 13.8 Å². The van der Waals surface area contributed by atoms with Crippen LogP contribution in [0.5, 0.6) is 0 Å². The number of aromatic nitrogens is 5. The molecule has 0 bridgehead atoms. The van der Waals surface area contributed by atoms with Crippen molar-refractivity contribution in [3.63, 3.8) is 0 Å². The van der Waals surface area contributed by atoms with Gasteiger partial charge in [0.25, 0.3) is 5.91 Å². The minimum absolute atomic E-state index is 0.0303. The maximum absolute atomic E-state index is 12.5. The zero-order valence-electron chi connectivity index (χ0n) is 12.4. The molecule has 1 aliphatic heterocycles. The number of carbonyl (C=O) groups is 1. The second kappa shape index (κ2) is 4.66. The molecule has 7 heteroatoms. The Labute approximate surface area is 126 Å². The van der Waals surface area contributed by atoms with Crippen molar-refractivity contribution in [2.45, 2.75) is 19.9 Å². The smallest absolute Gasteiger partial charge is 0.254 e. The van der Waals surface area contributed by atoms with Gasteiger partial charge in [-0.3, -0.25) is 9.48 Å². The van der Waals surface area contributed by atoms with E-state index < -0.39 is 0 Å². The topological polar surface area (TPSA) is 79.7 Å². The predicted octanol–water partition coefficient (Wildman–Crippen LogP) is 1.47. The van der Waals surface area contributed by atoms with Crippen molar-refractivity contribution in [2.75, 3.05) is 13.1 Å². The number of fused-ring (bicyclic) bond motifs is 1. The van der Waals surface area contributed by atoms with Gasteiger partial charge in [-0.05, 0) is 38.1 Å². The molecule has 0 spiro atoms. The summed E-state index contributed by atoms with van der Waals surface area (Å²) >= 11 is 0. The van der Waals surface area contributed by atoms with E-state index in [-0.39, 0.29) is 11.9 Å². The largest absolute Gasteiger partial charge is 0.334 e. The Kier molecular flexibility index (Phi) is 2.75. The number of hydrogen-bond donors (Lipinski definition) is 1. The van der Waals surface area contributed by atoms with Crippen molar-refractivity contribution in [1.29, 1.82) is 0 Å². The summed E-state index contributed by atoms with van der Waals surface area (Å²) in [4.78, 5) is 14.3. The Morgan fingerprint density at radius 2 is 1.95 bits per heavy atom. The van der Waals surface area contributed by atoms with Crippen LogP contribution in [-0.4, -0.2) is 49.1 Å². The number of rotatable bonds is 2. The van der Waals surface area contributed by atoms with Gasteiger partial charge in [-0.15, -0.1) is 0 Å². The second-order valence-corrected chi connectivity index (χ2v) is 5.76. The number of nitrogens with one attached hydrogen (secondary N) is 1. The minimum atomic E-state index is 0.0303. The van der Waals surface area contributed by atoms with Gasteiger partial charge in [-0.25, -0.2) is 0 Å². The first-order valence-corrected chi connectivity index (χ1v) is 7.24. The molecule has 1 aromatic carbocycles. The van der Waals surface area contributed by atoms with E-state index in [0.29, 0.717) is 24.2 Å². The number of H-pyrrole nitrogens is 1. The van der Waals surface area contributed by atoms with E-state index in [4.69, 9.17) is 0 Å². The third-order valence-electron chi connectivity index (χ3n) is 4.10. The number of benzene rings is 1. The monoisotopic (exact) mass is 296 g/mol. The molecule has 0 atom stereocenters. The molecule has 2 aromatic heterocycles. The van der Waals surface area contributed by atoms with Gasteiger partial charge in [-0.1, -0.05) is 0 Å². The summed E-state index contributed by atoms with van der Waals surface area (Å²) in [6, 6.07) is 7.71. The minimum Gasteiger partial charge on any atom is -0.334 e. The van der Waals surface area contributed by atoms with E-state index in [1.807, 2.05) is 29.5 Å². The SMILES string of the molecule is Cc1cc(C)n(C2CN(C(=O)c3ccc4n[nH]nc4c3)C2)n1. The van der Waals surface area contributed by atoms with E-state index in [1.165, 1.54) is 0 Å². The van der Waals surface area contributed by atoms with Crippen LogP contribution >= 0.6 is 0 Å². The number of aromatic amines is 1. The first-order chi connectivity index (χ1) is 10.6. The number of hydrogen-bond acceptors (Lipinski definition) is 4. The third-order valence-corrected chi connectivity index (χ3v) is 4.10.